The van der Waals surface area contributed by atoms with Crippen LogP contribution in [0, 0.1) is 0 Å². The molecule has 0 heteroatoms. The van der Waals surface area contributed by atoms with Gasteiger partial charge in [-0.15, -0.1) is 0 Å². The van der Waals surface area contributed by atoms with Gasteiger partial charge in [-0.2, -0.15) is 0 Å². The fourth-order valence-corrected chi connectivity index (χ4v) is 11.9. The number of benzene rings is 13. The van der Waals surface area contributed by atoms with E-state index in [0.29, 0.717) is 0 Å². The number of fused-ring (bicyclic) bond motifs is 7. The van der Waals surface area contributed by atoms with Crippen LogP contribution >= 0.6 is 0 Å². The second-order valence-electron chi connectivity index (χ2n) is 22.4. The molecule has 13 aromatic carbocycles. The Hall–Kier alpha value is -8.58. The predicted molar refractivity (Wildman–Crippen MR) is 321 cm³/mol. The van der Waals surface area contributed by atoms with Crippen molar-refractivity contribution in [2.24, 2.45) is 0 Å². The van der Waals surface area contributed by atoms with Gasteiger partial charge in [0.05, 0.1) is 0 Å². The van der Waals surface area contributed by atoms with Crippen molar-refractivity contribution in [3.63, 3.8) is 0 Å². The molecule has 0 atom stereocenters. The Labute approximate surface area is 435 Å². The highest BCUT2D eigenvalue weighted by Gasteiger charge is 2.22. The first kappa shape index (κ1) is 45.3. The molecular weight excluding hydrogens is 889 g/mol. The van der Waals surface area contributed by atoms with E-state index >= 15 is 0 Å². The molecule has 0 spiro atoms. The van der Waals surface area contributed by atoms with E-state index in [1.807, 2.05) is 0 Å². The molecule has 0 aliphatic heterocycles. The second kappa shape index (κ2) is 17.6. The molecular formula is C74H58. The zero-order valence-corrected chi connectivity index (χ0v) is 43.1. The molecule has 74 heavy (non-hydrogen) atoms. The minimum Gasteiger partial charge on any atom is -0.0616 e. The van der Waals surface area contributed by atoms with E-state index in [2.05, 4.69) is 284 Å². The summed E-state index contributed by atoms with van der Waals surface area (Å²) in [5, 5.41) is 15.2. The molecule has 0 saturated carbocycles. The van der Waals surface area contributed by atoms with Crippen molar-refractivity contribution in [2.45, 2.75) is 52.4 Å². The van der Waals surface area contributed by atoms with Gasteiger partial charge in [-0.25, -0.2) is 0 Å². The van der Waals surface area contributed by atoms with Gasteiger partial charge in [-0.05, 0) is 165 Å². The monoisotopic (exact) mass is 946 g/mol. The van der Waals surface area contributed by atoms with Gasteiger partial charge in [0.25, 0.3) is 0 Å². The fourth-order valence-electron chi connectivity index (χ4n) is 11.9. The molecule has 0 saturated heterocycles. The van der Waals surface area contributed by atoms with Gasteiger partial charge in [0.15, 0.2) is 0 Å². The molecule has 0 aliphatic carbocycles. The Morgan fingerprint density at radius 1 is 0.189 bits per heavy atom. The van der Waals surface area contributed by atoms with Crippen molar-refractivity contribution < 1.29 is 0 Å². The Bertz CT molecular complexity index is 3950. The summed E-state index contributed by atoms with van der Waals surface area (Å²) in [5.41, 5.74) is 17.8. The zero-order chi connectivity index (χ0) is 50.3. The van der Waals surface area contributed by atoms with Crippen LogP contribution < -0.4 is 0 Å². The van der Waals surface area contributed by atoms with Crippen LogP contribution in [-0.2, 0) is 10.8 Å². The quantitative estimate of drug-likeness (QED) is 0.115. The normalized spacial score (nSPS) is 12.2. The largest absolute Gasteiger partial charge is 0.0616 e. The molecule has 0 N–H and O–H groups in total. The highest BCUT2D eigenvalue weighted by Crippen LogP contribution is 2.47. The lowest BCUT2D eigenvalue weighted by Crippen LogP contribution is -2.10. The highest BCUT2D eigenvalue weighted by atomic mass is 14.3. The molecule has 354 valence electrons. The third kappa shape index (κ3) is 7.76. The molecule has 0 unspecified atom stereocenters. The predicted octanol–water partition coefficient (Wildman–Crippen LogP) is 21.2. The van der Waals surface area contributed by atoms with Gasteiger partial charge in [0, 0.05) is 0 Å². The summed E-state index contributed by atoms with van der Waals surface area (Å²) in [6, 6.07) is 91.1. The Morgan fingerprint density at radius 2 is 0.446 bits per heavy atom. The van der Waals surface area contributed by atoms with E-state index in [0.717, 1.165) is 0 Å². The van der Waals surface area contributed by atoms with Gasteiger partial charge < -0.3 is 0 Å². The third-order valence-corrected chi connectivity index (χ3v) is 15.8. The molecule has 0 nitrogen and oxygen atoms in total. The van der Waals surface area contributed by atoms with Gasteiger partial charge in [0.1, 0.15) is 0 Å². The molecule has 13 rings (SSSR count). The summed E-state index contributed by atoms with van der Waals surface area (Å²) in [6.45, 7) is 13.8. The highest BCUT2D eigenvalue weighted by molar-refractivity contribution is 6.23. The van der Waals surface area contributed by atoms with Gasteiger partial charge in [0.2, 0.25) is 0 Å². The summed E-state index contributed by atoms with van der Waals surface area (Å²) < 4.78 is 0. The molecule has 0 fully saturated rings. The van der Waals surface area contributed by atoms with Crippen molar-refractivity contribution in [2.75, 3.05) is 0 Å². The molecule has 0 radical (unpaired) electrons. The Kier molecular flexibility index (Phi) is 10.8. The molecule has 0 aliphatic rings. The van der Waals surface area contributed by atoms with Crippen LogP contribution in [0.2, 0.25) is 0 Å². The van der Waals surface area contributed by atoms with Gasteiger partial charge >= 0.3 is 0 Å². The average molecular weight is 947 g/mol. The van der Waals surface area contributed by atoms with Crippen LogP contribution in [0.5, 0.6) is 0 Å². The fraction of sp³-hybridized carbons (Fsp3) is 0.108. The third-order valence-electron chi connectivity index (χ3n) is 15.8. The van der Waals surface area contributed by atoms with E-state index in [4.69, 9.17) is 0 Å². The number of rotatable bonds is 6. The lowest BCUT2D eigenvalue weighted by Gasteiger charge is -2.22. The molecule has 13 aromatic rings. The maximum atomic E-state index is 2.39. The van der Waals surface area contributed by atoms with Crippen LogP contribution in [0.3, 0.4) is 0 Å². The lowest BCUT2D eigenvalue weighted by molar-refractivity contribution is 0.590. The second-order valence-corrected chi connectivity index (χ2v) is 22.4. The molecule has 0 amide bonds. The summed E-state index contributed by atoms with van der Waals surface area (Å²) in [5.74, 6) is 0. The minimum atomic E-state index is 0.0565. The molecule has 0 bridgehead atoms. The molecule has 0 heterocycles. The van der Waals surface area contributed by atoms with Crippen LogP contribution in [-0.4, -0.2) is 0 Å². The Balaban J connectivity index is 0.862. The van der Waals surface area contributed by atoms with Crippen molar-refractivity contribution in [3.8, 4) is 66.8 Å². The van der Waals surface area contributed by atoms with Crippen molar-refractivity contribution in [1.29, 1.82) is 0 Å². The lowest BCUT2D eigenvalue weighted by atomic mass is 9.82. The van der Waals surface area contributed by atoms with Crippen molar-refractivity contribution in [3.05, 3.63) is 254 Å². The van der Waals surface area contributed by atoms with Gasteiger partial charge in [-0.1, -0.05) is 272 Å². The SMILES string of the molecule is CC(C)(C)c1cccc(-c2c3ccccc3c(-c3ccc(-c4ccc5ccc6ccc(-c7ccc(-c8c9ccccc9c(-c9cccc(C(C)(C)C)c9)c9ccccc89)cc7)cc6c5c4)cc3)c3ccccc23)c1. The van der Waals surface area contributed by atoms with Crippen LogP contribution in [0.1, 0.15) is 52.7 Å². The summed E-state index contributed by atoms with van der Waals surface area (Å²) >= 11 is 0. The standard InChI is InChI=1S/C74H58/c1-73(2,3)57-19-15-17-55(43-57)71-63-25-11-7-21-59(63)69(60-22-8-12-26-64(60)71)51-37-29-47(30-38-51)53-41-35-49-33-34-50-36-42-54(46-68(50)67(49)45-53)48-31-39-52(40-32-48)70-61-23-9-13-27-65(61)72(66-28-14-10-24-62(66)70)56-18-16-20-58(44-56)74(4,5)6/h7-46H,1-6H3. The maximum absolute atomic E-state index is 2.39. The number of hydrogen-bond donors (Lipinski definition) is 0. The van der Waals surface area contributed by atoms with E-state index in [-0.39, 0.29) is 10.8 Å². The minimum absolute atomic E-state index is 0.0565. The van der Waals surface area contributed by atoms with E-state index < -0.39 is 0 Å². The smallest absolute Gasteiger partial charge is 0.00263 e. The van der Waals surface area contributed by atoms with Gasteiger partial charge in [-0.3, -0.25) is 0 Å². The summed E-state index contributed by atoms with van der Waals surface area (Å²) in [6.07, 6.45) is 0. The summed E-state index contributed by atoms with van der Waals surface area (Å²) in [7, 11) is 0. The van der Waals surface area contributed by atoms with E-state index in [9.17, 15) is 0 Å². The van der Waals surface area contributed by atoms with Crippen LogP contribution in [0.25, 0.3) is 131 Å². The summed E-state index contributed by atoms with van der Waals surface area (Å²) in [4.78, 5) is 0. The average Bonchev–Trinajstić information content (AvgIpc) is 3.43. The van der Waals surface area contributed by atoms with Crippen LogP contribution in [0.15, 0.2) is 243 Å². The van der Waals surface area contributed by atoms with E-state index in [1.54, 1.807) is 0 Å². The van der Waals surface area contributed by atoms with E-state index in [1.165, 1.54) is 143 Å². The first-order valence-corrected chi connectivity index (χ1v) is 26.2. The zero-order valence-electron chi connectivity index (χ0n) is 43.1. The van der Waals surface area contributed by atoms with Crippen molar-refractivity contribution in [1.82, 2.24) is 0 Å². The maximum Gasteiger partial charge on any atom is -0.00263 e. The van der Waals surface area contributed by atoms with Crippen LogP contribution in [0.4, 0.5) is 0 Å². The molecule has 0 aromatic heterocycles. The first-order chi connectivity index (χ1) is 36.0. The van der Waals surface area contributed by atoms with Crippen molar-refractivity contribution >= 4 is 64.6 Å². The first-order valence-electron chi connectivity index (χ1n) is 26.2. The topological polar surface area (TPSA) is 0 Å². The Morgan fingerprint density at radius 3 is 0.743 bits per heavy atom. The number of hydrogen-bond acceptors (Lipinski definition) is 0.